The first-order valence-corrected chi connectivity index (χ1v) is 6.42. The Labute approximate surface area is 108 Å². The van der Waals surface area contributed by atoms with Crippen LogP contribution in [0.2, 0.25) is 0 Å². The molecule has 0 bridgehead atoms. The van der Waals surface area contributed by atoms with Crippen LogP contribution in [0.5, 0.6) is 0 Å². The number of esters is 1. The second-order valence-electron chi connectivity index (χ2n) is 3.32. The molecule has 0 unspecified atom stereocenters. The molecule has 3 nitrogen and oxygen atoms in total. The predicted molar refractivity (Wildman–Crippen MR) is 64.6 cm³/mol. The fourth-order valence-corrected chi connectivity index (χ4v) is 1.95. The molecule has 0 aliphatic heterocycles. The summed E-state index contributed by atoms with van der Waals surface area (Å²) >= 11 is 0.964. The minimum absolute atomic E-state index is 0.0182. The maximum atomic E-state index is 13.2. The Kier molecular flexibility index (Phi) is 5.77. The molecule has 1 rings (SSSR count). The van der Waals surface area contributed by atoms with E-state index in [1.807, 2.05) is 0 Å². The second-order valence-corrected chi connectivity index (χ2v) is 4.30. The van der Waals surface area contributed by atoms with Crippen LogP contribution in [0.1, 0.15) is 17.3 Å². The van der Waals surface area contributed by atoms with E-state index >= 15 is 0 Å². The molecule has 0 spiro atoms. The van der Waals surface area contributed by atoms with Gasteiger partial charge in [0.1, 0.15) is 11.6 Å². The molecular formula is C12H12F2O3S. The number of carbonyl (C=O) groups is 2. The first kappa shape index (κ1) is 14.6. The molecule has 0 atom stereocenters. The van der Waals surface area contributed by atoms with Crippen molar-refractivity contribution in [2.45, 2.75) is 6.92 Å². The van der Waals surface area contributed by atoms with Gasteiger partial charge in [0.15, 0.2) is 5.78 Å². The van der Waals surface area contributed by atoms with Gasteiger partial charge in [-0.25, -0.2) is 8.78 Å². The Morgan fingerprint density at radius 2 is 1.83 bits per heavy atom. The van der Waals surface area contributed by atoms with Crippen LogP contribution in [-0.2, 0) is 9.53 Å². The van der Waals surface area contributed by atoms with E-state index in [0.29, 0.717) is 0 Å². The molecule has 0 saturated heterocycles. The molecule has 6 heteroatoms. The van der Waals surface area contributed by atoms with Gasteiger partial charge in [0.25, 0.3) is 0 Å². The number of carbonyl (C=O) groups excluding carboxylic acids is 2. The Morgan fingerprint density at radius 3 is 2.39 bits per heavy atom. The Balaban J connectivity index is 2.53. The summed E-state index contributed by atoms with van der Waals surface area (Å²) in [4.78, 5) is 22.6. The van der Waals surface area contributed by atoms with E-state index in [-0.39, 0.29) is 18.1 Å². The van der Waals surface area contributed by atoms with Crippen molar-refractivity contribution in [1.29, 1.82) is 0 Å². The third kappa shape index (κ3) is 4.10. The van der Waals surface area contributed by atoms with Gasteiger partial charge in [0, 0.05) is 0 Å². The van der Waals surface area contributed by atoms with E-state index in [4.69, 9.17) is 0 Å². The molecule has 0 aliphatic rings. The van der Waals surface area contributed by atoms with Crippen LogP contribution < -0.4 is 0 Å². The second kappa shape index (κ2) is 7.10. The van der Waals surface area contributed by atoms with E-state index in [1.54, 1.807) is 6.92 Å². The standard InChI is InChI=1S/C12H12F2O3S/c1-2-17-11(16)7-18-6-10(15)12-8(13)4-3-5-9(12)14/h3-5H,2,6-7H2,1H3. The van der Waals surface area contributed by atoms with Crippen LogP contribution in [0.4, 0.5) is 8.78 Å². The van der Waals surface area contributed by atoms with E-state index in [1.165, 1.54) is 6.07 Å². The highest BCUT2D eigenvalue weighted by molar-refractivity contribution is 8.00. The van der Waals surface area contributed by atoms with Crippen LogP contribution in [0.3, 0.4) is 0 Å². The van der Waals surface area contributed by atoms with Gasteiger partial charge in [0.05, 0.1) is 23.7 Å². The zero-order valence-electron chi connectivity index (χ0n) is 9.74. The maximum absolute atomic E-state index is 13.2. The molecule has 0 heterocycles. The Hall–Kier alpha value is -1.43. The summed E-state index contributed by atoms with van der Waals surface area (Å²) in [5, 5.41) is 0. The van der Waals surface area contributed by atoms with Gasteiger partial charge in [-0.1, -0.05) is 6.07 Å². The number of thioether (sulfide) groups is 1. The van der Waals surface area contributed by atoms with Gasteiger partial charge in [-0.05, 0) is 19.1 Å². The van der Waals surface area contributed by atoms with Gasteiger partial charge in [0.2, 0.25) is 0 Å². The molecule has 0 saturated carbocycles. The third-order valence-electron chi connectivity index (χ3n) is 2.00. The van der Waals surface area contributed by atoms with Crippen molar-refractivity contribution in [2.24, 2.45) is 0 Å². The lowest BCUT2D eigenvalue weighted by Crippen LogP contribution is -2.12. The number of rotatable bonds is 6. The molecule has 0 radical (unpaired) electrons. The van der Waals surface area contributed by atoms with Crippen molar-refractivity contribution in [1.82, 2.24) is 0 Å². The normalized spacial score (nSPS) is 10.2. The zero-order valence-corrected chi connectivity index (χ0v) is 10.6. The van der Waals surface area contributed by atoms with Gasteiger partial charge in [-0.15, -0.1) is 11.8 Å². The predicted octanol–water partition coefficient (Wildman–Crippen LogP) is 2.44. The summed E-state index contributed by atoms with van der Waals surface area (Å²) in [6, 6.07) is 3.23. The molecule has 0 fully saturated rings. The van der Waals surface area contributed by atoms with Crippen LogP contribution in [0.15, 0.2) is 18.2 Å². The van der Waals surface area contributed by atoms with Gasteiger partial charge >= 0.3 is 5.97 Å². The minimum atomic E-state index is -0.892. The lowest BCUT2D eigenvalue weighted by molar-refractivity contribution is -0.139. The van der Waals surface area contributed by atoms with Crippen molar-refractivity contribution >= 4 is 23.5 Å². The quantitative estimate of drug-likeness (QED) is 0.590. The van der Waals surface area contributed by atoms with E-state index < -0.39 is 29.0 Å². The van der Waals surface area contributed by atoms with Crippen molar-refractivity contribution in [3.05, 3.63) is 35.4 Å². The first-order chi connectivity index (χ1) is 8.56. The Bertz CT molecular complexity index is 429. The number of hydrogen-bond donors (Lipinski definition) is 0. The molecule has 0 amide bonds. The van der Waals surface area contributed by atoms with Crippen molar-refractivity contribution in [2.75, 3.05) is 18.1 Å². The minimum Gasteiger partial charge on any atom is -0.465 e. The maximum Gasteiger partial charge on any atom is 0.315 e. The van der Waals surface area contributed by atoms with Gasteiger partial charge < -0.3 is 4.74 Å². The van der Waals surface area contributed by atoms with Crippen molar-refractivity contribution < 1.29 is 23.1 Å². The summed E-state index contributed by atoms with van der Waals surface area (Å²) < 4.78 is 31.1. The van der Waals surface area contributed by atoms with Crippen LogP contribution in [0.25, 0.3) is 0 Å². The van der Waals surface area contributed by atoms with Crippen molar-refractivity contribution in [3.8, 4) is 0 Å². The highest BCUT2D eigenvalue weighted by Gasteiger charge is 2.17. The number of ketones is 1. The molecule has 0 N–H and O–H groups in total. The molecule has 98 valence electrons. The van der Waals surface area contributed by atoms with E-state index in [2.05, 4.69) is 4.74 Å². The van der Waals surface area contributed by atoms with Crippen LogP contribution in [0, 0.1) is 11.6 Å². The van der Waals surface area contributed by atoms with E-state index in [0.717, 1.165) is 23.9 Å². The summed E-state index contributed by atoms with van der Waals surface area (Å²) in [6.45, 7) is 1.93. The molecule has 18 heavy (non-hydrogen) atoms. The highest BCUT2D eigenvalue weighted by atomic mass is 32.2. The number of ether oxygens (including phenoxy) is 1. The summed E-state index contributed by atoms with van der Waals surface area (Å²) in [6.07, 6.45) is 0. The fraction of sp³-hybridized carbons (Fsp3) is 0.333. The lowest BCUT2D eigenvalue weighted by Gasteiger charge is -2.04. The lowest BCUT2D eigenvalue weighted by atomic mass is 10.1. The third-order valence-corrected chi connectivity index (χ3v) is 2.91. The number of hydrogen-bond acceptors (Lipinski definition) is 4. The summed E-state index contributed by atoms with van der Waals surface area (Å²) in [5.41, 5.74) is -0.561. The van der Waals surface area contributed by atoms with Gasteiger partial charge in [-0.3, -0.25) is 9.59 Å². The molecule has 0 aliphatic carbocycles. The van der Waals surface area contributed by atoms with Crippen LogP contribution >= 0.6 is 11.8 Å². The number of halogens is 2. The summed E-state index contributed by atoms with van der Waals surface area (Å²) in [5.74, 6) is -3.11. The smallest absolute Gasteiger partial charge is 0.315 e. The average molecular weight is 274 g/mol. The van der Waals surface area contributed by atoms with Crippen LogP contribution in [-0.4, -0.2) is 29.9 Å². The summed E-state index contributed by atoms with van der Waals surface area (Å²) in [7, 11) is 0. The molecular weight excluding hydrogens is 262 g/mol. The molecule has 1 aromatic carbocycles. The number of benzene rings is 1. The monoisotopic (exact) mass is 274 g/mol. The molecule has 1 aromatic rings. The highest BCUT2D eigenvalue weighted by Crippen LogP contribution is 2.15. The largest absolute Gasteiger partial charge is 0.465 e. The molecule has 0 aromatic heterocycles. The first-order valence-electron chi connectivity index (χ1n) is 5.26. The van der Waals surface area contributed by atoms with Gasteiger partial charge in [-0.2, -0.15) is 0 Å². The van der Waals surface area contributed by atoms with Crippen molar-refractivity contribution in [3.63, 3.8) is 0 Å². The topological polar surface area (TPSA) is 43.4 Å². The SMILES string of the molecule is CCOC(=O)CSCC(=O)c1c(F)cccc1F. The zero-order chi connectivity index (χ0) is 13.5. The fourth-order valence-electron chi connectivity index (χ4n) is 1.27. The Morgan fingerprint density at radius 1 is 1.22 bits per heavy atom. The number of Topliss-reactive ketones (excluding diaryl/α,β-unsaturated/α-hetero) is 1. The van der Waals surface area contributed by atoms with E-state index in [9.17, 15) is 18.4 Å². The average Bonchev–Trinajstić information content (AvgIpc) is 2.29.